The van der Waals surface area contributed by atoms with E-state index < -0.39 is 0 Å². The van der Waals surface area contributed by atoms with Crippen LogP contribution in [0.2, 0.25) is 0 Å². The van der Waals surface area contributed by atoms with Crippen molar-refractivity contribution in [3.05, 3.63) is 12.2 Å². The third kappa shape index (κ3) is 4.17. The fraction of sp³-hybridized carbons (Fsp3) is 0.864. The molecule has 0 aromatic rings. The predicted octanol–water partition coefficient (Wildman–Crippen LogP) is 4.68. The number of carbonyl (C=O) groups excluding carboxylic acids is 1. The Morgan fingerprint density at radius 1 is 1.23 bits per heavy atom. The van der Waals surface area contributed by atoms with Gasteiger partial charge in [-0.3, -0.25) is 9.69 Å². The zero-order valence-corrected chi connectivity index (χ0v) is 17.1. The first kappa shape index (κ1) is 19.9. The number of nitrogens with zero attached hydrogens (tertiary/aromatic N) is 1. The summed E-state index contributed by atoms with van der Waals surface area (Å²) in [6.45, 7) is 9.48. The minimum atomic E-state index is -0.278. The van der Waals surface area contributed by atoms with E-state index >= 15 is 0 Å². The maximum atomic E-state index is 12.2. The first-order chi connectivity index (χ1) is 12.4. The molecule has 2 aliphatic heterocycles. The van der Waals surface area contributed by atoms with Crippen molar-refractivity contribution in [3.8, 4) is 0 Å². The van der Waals surface area contributed by atoms with Crippen molar-refractivity contribution in [3.63, 3.8) is 0 Å². The normalized spacial score (nSPS) is 37.2. The van der Waals surface area contributed by atoms with Crippen LogP contribution in [-0.4, -0.2) is 41.4 Å². The monoisotopic (exact) mass is 363 g/mol. The van der Waals surface area contributed by atoms with Crippen LogP contribution in [0.5, 0.6) is 0 Å². The van der Waals surface area contributed by atoms with Crippen LogP contribution in [0.4, 0.5) is 0 Å². The number of fused-ring (bicyclic) bond motifs is 2. The number of rotatable bonds is 6. The molecule has 148 valence electrons. The Balaban J connectivity index is 1.70. The SMILES string of the molecule is CCCCCC/C=C\[C@@H]1OC(=O)CN2[C@H]1O[C@@H]1C[C@H](C)CC[C@H]1C2(C)C. The fourth-order valence-electron chi connectivity index (χ4n) is 5.07. The first-order valence-electron chi connectivity index (χ1n) is 10.7. The van der Waals surface area contributed by atoms with Gasteiger partial charge in [0.25, 0.3) is 0 Å². The molecule has 0 spiro atoms. The Hall–Kier alpha value is -0.870. The van der Waals surface area contributed by atoms with Gasteiger partial charge in [0, 0.05) is 11.5 Å². The molecule has 4 heteroatoms. The lowest BCUT2D eigenvalue weighted by Gasteiger charge is -2.59. The van der Waals surface area contributed by atoms with Crippen LogP contribution in [0, 0.1) is 11.8 Å². The molecule has 3 rings (SSSR count). The Kier molecular flexibility index (Phi) is 6.45. The second-order valence-electron chi connectivity index (χ2n) is 9.10. The second kappa shape index (κ2) is 8.43. The number of morpholine rings is 1. The molecule has 0 aromatic heterocycles. The van der Waals surface area contributed by atoms with Crippen LogP contribution in [0.25, 0.3) is 0 Å². The Morgan fingerprint density at radius 2 is 2.04 bits per heavy atom. The predicted molar refractivity (Wildman–Crippen MR) is 104 cm³/mol. The van der Waals surface area contributed by atoms with Crippen molar-refractivity contribution in [1.29, 1.82) is 0 Å². The van der Waals surface area contributed by atoms with Gasteiger partial charge in [0.05, 0.1) is 12.6 Å². The van der Waals surface area contributed by atoms with Crippen LogP contribution < -0.4 is 0 Å². The second-order valence-corrected chi connectivity index (χ2v) is 9.10. The van der Waals surface area contributed by atoms with Gasteiger partial charge in [0.1, 0.15) is 0 Å². The highest BCUT2D eigenvalue weighted by Gasteiger charge is 2.54. The van der Waals surface area contributed by atoms with E-state index in [0.717, 1.165) is 18.8 Å². The van der Waals surface area contributed by atoms with Crippen molar-refractivity contribution in [2.24, 2.45) is 11.8 Å². The van der Waals surface area contributed by atoms with E-state index in [1.165, 1.54) is 38.5 Å². The summed E-state index contributed by atoms with van der Waals surface area (Å²) < 4.78 is 12.2. The number of carbonyl (C=O) groups is 1. The molecular weight excluding hydrogens is 326 g/mol. The van der Waals surface area contributed by atoms with Crippen molar-refractivity contribution < 1.29 is 14.3 Å². The van der Waals surface area contributed by atoms with Crippen LogP contribution in [0.3, 0.4) is 0 Å². The smallest absolute Gasteiger partial charge is 0.320 e. The minimum absolute atomic E-state index is 0.0274. The lowest BCUT2D eigenvalue weighted by molar-refractivity contribution is -0.273. The Labute approximate surface area is 159 Å². The number of hydrogen-bond acceptors (Lipinski definition) is 4. The van der Waals surface area contributed by atoms with Gasteiger partial charge in [0.2, 0.25) is 0 Å². The third-order valence-electron chi connectivity index (χ3n) is 6.72. The van der Waals surface area contributed by atoms with Crippen LogP contribution in [0.15, 0.2) is 12.2 Å². The van der Waals surface area contributed by atoms with E-state index in [-0.39, 0.29) is 29.9 Å². The molecule has 0 N–H and O–H groups in total. The Bertz CT molecular complexity index is 516. The van der Waals surface area contributed by atoms with Gasteiger partial charge in [-0.15, -0.1) is 0 Å². The number of cyclic esters (lactones) is 1. The molecule has 0 bridgehead atoms. The fourth-order valence-corrected chi connectivity index (χ4v) is 5.07. The number of ether oxygens (including phenoxy) is 2. The van der Waals surface area contributed by atoms with Crippen molar-refractivity contribution in [2.45, 2.75) is 103 Å². The van der Waals surface area contributed by atoms with Gasteiger partial charge < -0.3 is 9.47 Å². The zero-order valence-electron chi connectivity index (χ0n) is 17.1. The lowest BCUT2D eigenvalue weighted by Crippen LogP contribution is -2.70. The van der Waals surface area contributed by atoms with Crippen LogP contribution >= 0.6 is 0 Å². The van der Waals surface area contributed by atoms with E-state index in [4.69, 9.17) is 9.47 Å². The molecule has 0 radical (unpaired) electrons. The van der Waals surface area contributed by atoms with E-state index in [2.05, 4.69) is 44.7 Å². The average Bonchev–Trinajstić information content (AvgIpc) is 2.58. The molecule has 0 unspecified atom stereocenters. The van der Waals surface area contributed by atoms with Gasteiger partial charge in [-0.2, -0.15) is 0 Å². The van der Waals surface area contributed by atoms with E-state index in [0.29, 0.717) is 12.5 Å². The summed E-state index contributed by atoms with van der Waals surface area (Å²) in [4.78, 5) is 14.5. The molecule has 1 saturated carbocycles. The van der Waals surface area contributed by atoms with E-state index in [1.54, 1.807) is 0 Å². The number of esters is 1. The summed E-state index contributed by atoms with van der Waals surface area (Å²) in [5.74, 6) is 1.10. The number of unbranched alkanes of at least 4 members (excludes halogenated alkanes) is 4. The molecule has 1 aliphatic carbocycles. The van der Waals surface area contributed by atoms with Gasteiger partial charge >= 0.3 is 5.97 Å². The first-order valence-corrected chi connectivity index (χ1v) is 10.7. The van der Waals surface area contributed by atoms with Gasteiger partial charge in [-0.25, -0.2) is 0 Å². The summed E-state index contributed by atoms with van der Waals surface area (Å²) in [6, 6.07) is 0. The van der Waals surface area contributed by atoms with Gasteiger partial charge in [0.15, 0.2) is 12.3 Å². The quantitative estimate of drug-likeness (QED) is 0.390. The van der Waals surface area contributed by atoms with E-state index in [1.807, 2.05) is 0 Å². The van der Waals surface area contributed by atoms with Gasteiger partial charge in [-0.1, -0.05) is 45.6 Å². The standard InChI is InChI=1S/C22H37NO3/c1-5-6-7-8-9-10-11-18-21-23(15-20(24)25-18)22(3,4)17-13-12-16(2)14-19(17)26-21/h10-11,16-19,21H,5-9,12-15H2,1-4H3/b11-10-/t16-,17-,18+,19-,21+/m1/s1. The lowest BCUT2D eigenvalue weighted by atomic mass is 9.69. The van der Waals surface area contributed by atoms with Crippen LogP contribution in [0.1, 0.15) is 79.1 Å². The summed E-state index contributed by atoms with van der Waals surface area (Å²) in [5, 5.41) is 0. The van der Waals surface area contributed by atoms with Crippen molar-refractivity contribution in [2.75, 3.05) is 6.54 Å². The summed E-state index contributed by atoms with van der Waals surface area (Å²) >= 11 is 0. The minimum Gasteiger partial charge on any atom is -0.453 e. The maximum Gasteiger partial charge on any atom is 0.320 e. The average molecular weight is 364 g/mol. The third-order valence-corrected chi connectivity index (χ3v) is 6.72. The van der Waals surface area contributed by atoms with Gasteiger partial charge in [-0.05, 0) is 51.5 Å². The van der Waals surface area contributed by atoms with E-state index in [9.17, 15) is 4.79 Å². The number of hydrogen-bond donors (Lipinski definition) is 0. The molecule has 2 saturated heterocycles. The molecule has 4 nitrogen and oxygen atoms in total. The summed E-state index contributed by atoms with van der Waals surface area (Å²) in [5.41, 5.74) is -0.0274. The molecule has 5 atom stereocenters. The summed E-state index contributed by atoms with van der Waals surface area (Å²) in [7, 11) is 0. The molecule has 3 fully saturated rings. The molecule has 3 aliphatic rings. The largest absolute Gasteiger partial charge is 0.453 e. The molecule has 0 aromatic carbocycles. The molecule has 26 heavy (non-hydrogen) atoms. The Morgan fingerprint density at radius 3 is 2.81 bits per heavy atom. The maximum absolute atomic E-state index is 12.2. The molecule has 0 amide bonds. The van der Waals surface area contributed by atoms with Crippen molar-refractivity contribution in [1.82, 2.24) is 4.90 Å². The highest BCUT2D eigenvalue weighted by molar-refractivity contribution is 5.73. The van der Waals surface area contributed by atoms with Crippen LogP contribution in [-0.2, 0) is 14.3 Å². The number of allylic oxidation sites excluding steroid dienone is 1. The zero-order chi connectivity index (χ0) is 18.7. The summed E-state index contributed by atoms with van der Waals surface area (Å²) in [6.07, 6.45) is 13.8. The highest BCUT2D eigenvalue weighted by Crippen LogP contribution is 2.46. The highest BCUT2D eigenvalue weighted by atomic mass is 16.6. The van der Waals surface area contributed by atoms with Crippen molar-refractivity contribution >= 4 is 5.97 Å². The molecular formula is C22H37NO3. The topological polar surface area (TPSA) is 38.8 Å². The molecule has 2 heterocycles.